The van der Waals surface area contributed by atoms with Crippen molar-refractivity contribution < 1.29 is 24.1 Å². The van der Waals surface area contributed by atoms with Crippen LogP contribution in [-0.4, -0.2) is 24.4 Å². The number of methoxy groups -OCH3 is 2. The standard InChI is InChI=1S/C20H24O5/c1-4-5-6-7-8-13-15(24-3)11-17-19(20(13)22)18-14(21)9-12(23-2)10-16(18)25-17/h9-11,21-22H,4-8H2,1-3H3. The number of unbranched alkanes of at least 4 members (excludes halogenated alkanes) is 3. The Morgan fingerprint density at radius 3 is 2.36 bits per heavy atom. The number of benzene rings is 2. The minimum absolute atomic E-state index is 0.0190. The van der Waals surface area contributed by atoms with Gasteiger partial charge >= 0.3 is 0 Å². The van der Waals surface area contributed by atoms with Crippen molar-refractivity contribution in [2.45, 2.75) is 39.0 Å². The summed E-state index contributed by atoms with van der Waals surface area (Å²) in [6, 6.07) is 4.99. The second-order valence-electron chi connectivity index (χ2n) is 6.21. The molecule has 0 atom stereocenters. The van der Waals surface area contributed by atoms with Gasteiger partial charge in [0.15, 0.2) is 0 Å². The third kappa shape index (κ3) is 3.06. The first-order valence-electron chi connectivity index (χ1n) is 8.62. The van der Waals surface area contributed by atoms with Crippen LogP contribution in [0.1, 0.15) is 38.2 Å². The Labute approximate surface area is 146 Å². The average Bonchev–Trinajstić information content (AvgIpc) is 2.98. The second kappa shape index (κ2) is 7.13. The van der Waals surface area contributed by atoms with Gasteiger partial charge < -0.3 is 24.1 Å². The molecule has 2 N–H and O–H groups in total. The van der Waals surface area contributed by atoms with Gasteiger partial charge in [0, 0.05) is 23.8 Å². The number of furan rings is 1. The molecule has 0 amide bonds. The van der Waals surface area contributed by atoms with E-state index in [-0.39, 0.29) is 11.5 Å². The Balaban J connectivity index is 2.16. The normalized spacial score (nSPS) is 11.3. The Morgan fingerprint density at radius 1 is 0.920 bits per heavy atom. The van der Waals surface area contributed by atoms with Crippen molar-refractivity contribution in [3.63, 3.8) is 0 Å². The zero-order valence-electron chi connectivity index (χ0n) is 14.9. The van der Waals surface area contributed by atoms with Crippen LogP contribution in [0.4, 0.5) is 0 Å². The summed E-state index contributed by atoms with van der Waals surface area (Å²) in [6.07, 6.45) is 5.11. The SMILES string of the molecule is CCCCCCc1c(OC)cc2oc3cc(OC)cc(O)c3c2c1O. The molecule has 0 aliphatic heterocycles. The number of hydrogen-bond acceptors (Lipinski definition) is 5. The van der Waals surface area contributed by atoms with Crippen LogP contribution in [0.3, 0.4) is 0 Å². The predicted octanol–water partition coefficient (Wildman–Crippen LogP) is 5.14. The van der Waals surface area contributed by atoms with Gasteiger partial charge in [0.25, 0.3) is 0 Å². The fraction of sp³-hybridized carbons (Fsp3) is 0.400. The summed E-state index contributed by atoms with van der Waals surface area (Å²) in [5, 5.41) is 22.3. The highest BCUT2D eigenvalue weighted by molar-refractivity contribution is 6.12. The van der Waals surface area contributed by atoms with Crippen molar-refractivity contribution in [3.8, 4) is 23.0 Å². The molecule has 0 aliphatic rings. The summed E-state index contributed by atoms with van der Waals surface area (Å²) in [6.45, 7) is 2.17. The third-order valence-corrected chi connectivity index (χ3v) is 4.59. The number of fused-ring (bicyclic) bond motifs is 3. The van der Waals surface area contributed by atoms with E-state index >= 15 is 0 Å². The highest BCUT2D eigenvalue weighted by Gasteiger charge is 2.21. The number of aromatic hydroxyl groups is 2. The van der Waals surface area contributed by atoms with E-state index in [4.69, 9.17) is 13.9 Å². The monoisotopic (exact) mass is 344 g/mol. The molecule has 25 heavy (non-hydrogen) atoms. The van der Waals surface area contributed by atoms with Gasteiger partial charge in [-0.25, -0.2) is 0 Å². The van der Waals surface area contributed by atoms with E-state index in [1.807, 2.05) is 0 Å². The van der Waals surface area contributed by atoms with Crippen molar-refractivity contribution in [1.82, 2.24) is 0 Å². The van der Waals surface area contributed by atoms with Gasteiger partial charge in [-0.15, -0.1) is 0 Å². The van der Waals surface area contributed by atoms with Crippen molar-refractivity contribution in [3.05, 3.63) is 23.8 Å². The molecule has 0 bridgehead atoms. The van der Waals surface area contributed by atoms with Crippen LogP contribution in [0.2, 0.25) is 0 Å². The van der Waals surface area contributed by atoms with E-state index in [0.29, 0.717) is 39.9 Å². The predicted molar refractivity (Wildman–Crippen MR) is 98.0 cm³/mol. The van der Waals surface area contributed by atoms with E-state index in [2.05, 4.69) is 6.92 Å². The molecule has 134 valence electrons. The van der Waals surface area contributed by atoms with Crippen molar-refractivity contribution in [2.24, 2.45) is 0 Å². The van der Waals surface area contributed by atoms with Gasteiger partial charge in [0.05, 0.1) is 25.0 Å². The molecule has 0 radical (unpaired) electrons. The van der Waals surface area contributed by atoms with Crippen LogP contribution in [0.15, 0.2) is 22.6 Å². The molecule has 0 spiro atoms. The Bertz CT molecular complexity index is 894. The molecule has 0 aliphatic carbocycles. The number of rotatable bonds is 7. The van der Waals surface area contributed by atoms with Gasteiger partial charge in [0.2, 0.25) is 0 Å². The lowest BCUT2D eigenvalue weighted by molar-refractivity contribution is 0.399. The lowest BCUT2D eigenvalue weighted by Gasteiger charge is -2.11. The average molecular weight is 344 g/mol. The first-order valence-corrected chi connectivity index (χ1v) is 8.62. The third-order valence-electron chi connectivity index (χ3n) is 4.59. The van der Waals surface area contributed by atoms with E-state index in [1.54, 1.807) is 19.2 Å². The molecule has 1 heterocycles. The molecule has 0 fully saturated rings. The summed E-state index contributed by atoms with van der Waals surface area (Å²) in [5.74, 6) is 1.23. The van der Waals surface area contributed by atoms with E-state index in [1.165, 1.54) is 19.6 Å². The maximum Gasteiger partial charge on any atom is 0.143 e. The van der Waals surface area contributed by atoms with Crippen LogP contribution in [0.25, 0.3) is 21.9 Å². The second-order valence-corrected chi connectivity index (χ2v) is 6.21. The number of phenols is 2. The highest BCUT2D eigenvalue weighted by atomic mass is 16.5. The lowest BCUT2D eigenvalue weighted by atomic mass is 10.0. The number of hydrogen-bond donors (Lipinski definition) is 2. The highest BCUT2D eigenvalue weighted by Crippen LogP contribution is 2.46. The minimum Gasteiger partial charge on any atom is -0.507 e. The first kappa shape index (κ1) is 17.3. The van der Waals surface area contributed by atoms with E-state index in [0.717, 1.165) is 24.8 Å². The summed E-state index contributed by atoms with van der Waals surface area (Å²) in [4.78, 5) is 0. The quantitative estimate of drug-likeness (QED) is 0.581. The van der Waals surface area contributed by atoms with Gasteiger partial charge in [-0.2, -0.15) is 0 Å². The summed E-state index contributed by atoms with van der Waals surface area (Å²) in [5.41, 5.74) is 1.70. The number of phenolic OH excluding ortho intramolecular Hbond substituents is 2. The van der Waals surface area contributed by atoms with Crippen LogP contribution in [0.5, 0.6) is 23.0 Å². The summed E-state index contributed by atoms with van der Waals surface area (Å²) < 4.78 is 16.4. The molecule has 1 aromatic heterocycles. The minimum atomic E-state index is 0.0190. The van der Waals surface area contributed by atoms with Gasteiger partial charge in [-0.05, 0) is 12.8 Å². The van der Waals surface area contributed by atoms with Gasteiger partial charge in [-0.3, -0.25) is 0 Å². The van der Waals surface area contributed by atoms with Crippen molar-refractivity contribution >= 4 is 21.9 Å². The fourth-order valence-electron chi connectivity index (χ4n) is 3.28. The van der Waals surface area contributed by atoms with Gasteiger partial charge in [0.1, 0.15) is 34.2 Å². The van der Waals surface area contributed by atoms with Crippen LogP contribution in [0, 0.1) is 0 Å². The summed E-state index contributed by atoms with van der Waals surface area (Å²) >= 11 is 0. The van der Waals surface area contributed by atoms with Crippen LogP contribution < -0.4 is 9.47 Å². The molecule has 3 rings (SSSR count). The molecule has 5 heteroatoms. The topological polar surface area (TPSA) is 72.1 Å². The molecule has 0 saturated heterocycles. The van der Waals surface area contributed by atoms with Crippen molar-refractivity contribution in [2.75, 3.05) is 14.2 Å². The van der Waals surface area contributed by atoms with E-state index < -0.39 is 0 Å². The fourth-order valence-corrected chi connectivity index (χ4v) is 3.28. The molecular formula is C20H24O5. The molecule has 0 saturated carbocycles. The molecule has 5 nitrogen and oxygen atoms in total. The van der Waals surface area contributed by atoms with Crippen molar-refractivity contribution in [1.29, 1.82) is 0 Å². The van der Waals surface area contributed by atoms with Crippen LogP contribution >= 0.6 is 0 Å². The molecule has 3 aromatic rings. The van der Waals surface area contributed by atoms with Crippen LogP contribution in [-0.2, 0) is 6.42 Å². The molecular weight excluding hydrogens is 320 g/mol. The Hall–Kier alpha value is -2.56. The Morgan fingerprint density at radius 2 is 1.68 bits per heavy atom. The summed E-state index contributed by atoms with van der Waals surface area (Å²) in [7, 11) is 3.11. The zero-order chi connectivity index (χ0) is 18.0. The van der Waals surface area contributed by atoms with Gasteiger partial charge in [-0.1, -0.05) is 26.2 Å². The van der Waals surface area contributed by atoms with E-state index in [9.17, 15) is 10.2 Å². The maximum absolute atomic E-state index is 10.9. The smallest absolute Gasteiger partial charge is 0.143 e. The molecule has 2 aromatic carbocycles. The molecule has 0 unspecified atom stereocenters. The maximum atomic E-state index is 10.9. The largest absolute Gasteiger partial charge is 0.507 e. The zero-order valence-corrected chi connectivity index (χ0v) is 14.9. The number of ether oxygens (including phenoxy) is 2. The Kier molecular flexibility index (Phi) is 4.93. The first-order chi connectivity index (χ1) is 12.1. The lowest BCUT2D eigenvalue weighted by Crippen LogP contribution is -1.94.